The fraction of sp³-hybridized carbons (Fsp3) is 0.556. The van der Waals surface area contributed by atoms with Crippen LogP contribution in [0.5, 0.6) is 0 Å². The number of rotatable bonds is 1. The van der Waals surface area contributed by atoms with Crippen LogP contribution in [0.3, 0.4) is 0 Å². The molecule has 60 valence electrons. The Balaban J connectivity index is 2.70. The second kappa shape index (κ2) is 2.99. The summed E-state index contributed by atoms with van der Waals surface area (Å²) in [6.45, 7) is 3.35. The third kappa shape index (κ3) is 1.76. The van der Waals surface area contributed by atoms with Gasteiger partial charge in [-0.25, -0.2) is 0 Å². The number of ketones is 2. The van der Waals surface area contributed by atoms with Crippen molar-refractivity contribution in [3.8, 4) is 0 Å². The van der Waals surface area contributed by atoms with Gasteiger partial charge in [0.25, 0.3) is 0 Å². The van der Waals surface area contributed by atoms with Crippen LogP contribution in [0.4, 0.5) is 0 Å². The molecule has 1 rings (SSSR count). The summed E-state index contributed by atoms with van der Waals surface area (Å²) >= 11 is 0. The maximum atomic E-state index is 11.1. The maximum absolute atomic E-state index is 11.1. The molecule has 0 unspecified atom stereocenters. The highest BCUT2D eigenvalue weighted by Crippen LogP contribution is 2.20. The molecule has 0 fully saturated rings. The minimum absolute atomic E-state index is 0.0498. The molecular weight excluding hydrogens is 140 g/mol. The minimum atomic E-state index is -0.0498. The average molecular weight is 152 g/mol. The van der Waals surface area contributed by atoms with E-state index in [0.717, 1.165) is 12.0 Å². The molecule has 1 aliphatic rings. The summed E-state index contributed by atoms with van der Waals surface area (Å²) in [6.07, 6.45) is 3.02. The quantitative estimate of drug-likeness (QED) is 0.570. The standard InChI is InChI=1S/C9H12O2/c1-6-3-4-8(7(2)10)5-9(6)11/h3,8H,4-5H2,1-2H3/t8-/m0/s1. The van der Waals surface area contributed by atoms with E-state index < -0.39 is 0 Å². The van der Waals surface area contributed by atoms with Crippen molar-refractivity contribution in [1.82, 2.24) is 0 Å². The van der Waals surface area contributed by atoms with Gasteiger partial charge in [-0.2, -0.15) is 0 Å². The third-order valence-corrected chi connectivity index (χ3v) is 2.16. The Kier molecular flexibility index (Phi) is 2.22. The van der Waals surface area contributed by atoms with Crippen LogP contribution in [0.15, 0.2) is 11.6 Å². The predicted octanol–water partition coefficient (Wildman–Crippen LogP) is 1.50. The van der Waals surface area contributed by atoms with Crippen molar-refractivity contribution in [3.63, 3.8) is 0 Å². The molecule has 2 nitrogen and oxygen atoms in total. The van der Waals surface area contributed by atoms with Gasteiger partial charge in [-0.1, -0.05) is 6.08 Å². The molecule has 0 aliphatic heterocycles. The van der Waals surface area contributed by atoms with E-state index >= 15 is 0 Å². The summed E-state index contributed by atoms with van der Waals surface area (Å²) in [5.41, 5.74) is 0.808. The highest BCUT2D eigenvalue weighted by molar-refractivity contribution is 5.98. The van der Waals surface area contributed by atoms with Crippen molar-refractivity contribution in [1.29, 1.82) is 0 Å². The van der Waals surface area contributed by atoms with Crippen molar-refractivity contribution >= 4 is 11.6 Å². The van der Waals surface area contributed by atoms with Gasteiger partial charge in [-0.15, -0.1) is 0 Å². The van der Waals surface area contributed by atoms with E-state index in [0.29, 0.717) is 6.42 Å². The lowest BCUT2D eigenvalue weighted by Gasteiger charge is -2.15. The number of hydrogen-bond donors (Lipinski definition) is 0. The predicted molar refractivity (Wildman–Crippen MR) is 42.2 cm³/mol. The van der Waals surface area contributed by atoms with Gasteiger partial charge in [0.2, 0.25) is 0 Å². The second-order valence-corrected chi connectivity index (χ2v) is 3.06. The van der Waals surface area contributed by atoms with E-state index in [4.69, 9.17) is 0 Å². The van der Waals surface area contributed by atoms with Crippen LogP contribution >= 0.6 is 0 Å². The molecule has 0 aromatic heterocycles. The van der Waals surface area contributed by atoms with Gasteiger partial charge in [0.05, 0.1) is 0 Å². The van der Waals surface area contributed by atoms with Crippen LogP contribution in [-0.4, -0.2) is 11.6 Å². The van der Waals surface area contributed by atoms with E-state index in [1.807, 2.05) is 6.08 Å². The molecule has 0 amide bonds. The minimum Gasteiger partial charge on any atom is -0.300 e. The van der Waals surface area contributed by atoms with Crippen molar-refractivity contribution in [2.24, 2.45) is 5.92 Å². The summed E-state index contributed by atoms with van der Waals surface area (Å²) in [6, 6.07) is 0. The Morgan fingerprint density at radius 2 is 2.27 bits per heavy atom. The first-order valence-electron chi connectivity index (χ1n) is 3.81. The third-order valence-electron chi connectivity index (χ3n) is 2.16. The zero-order valence-corrected chi connectivity index (χ0v) is 6.89. The van der Waals surface area contributed by atoms with Crippen LogP contribution in [-0.2, 0) is 9.59 Å². The second-order valence-electron chi connectivity index (χ2n) is 3.06. The van der Waals surface area contributed by atoms with E-state index in [1.54, 1.807) is 13.8 Å². The molecule has 0 radical (unpaired) electrons. The Morgan fingerprint density at radius 1 is 1.64 bits per heavy atom. The molecule has 0 bridgehead atoms. The molecule has 0 saturated carbocycles. The zero-order valence-electron chi connectivity index (χ0n) is 6.89. The zero-order chi connectivity index (χ0) is 8.43. The average Bonchev–Trinajstić information content (AvgIpc) is 1.94. The topological polar surface area (TPSA) is 34.1 Å². The molecular formula is C9H12O2. The molecule has 2 heteroatoms. The van der Waals surface area contributed by atoms with Gasteiger partial charge in [0.15, 0.2) is 5.78 Å². The molecule has 1 aliphatic carbocycles. The molecule has 0 N–H and O–H groups in total. The summed E-state index contributed by atoms with van der Waals surface area (Å²) in [4.78, 5) is 22.0. The molecule has 0 heterocycles. The summed E-state index contributed by atoms with van der Waals surface area (Å²) in [5, 5.41) is 0. The number of allylic oxidation sites excluding steroid dienone is 2. The SMILES string of the molecule is CC(=O)[C@H]1CC=C(C)C(=O)C1. The first-order valence-corrected chi connectivity index (χ1v) is 3.81. The van der Waals surface area contributed by atoms with Gasteiger partial charge in [0, 0.05) is 12.3 Å². The van der Waals surface area contributed by atoms with Gasteiger partial charge in [-0.3, -0.25) is 9.59 Å². The van der Waals surface area contributed by atoms with Crippen LogP contribution < -0.4 is 0 Å². The summed E-state index contributed by atoms with van der Waals surface area (Å²) in [7, 11) is 0. The number of carbonyl (C=O) groups is 2. The van der Waals surface area contributed by atoms with Crippen molar-refractivity contribution in [3.05, 3.63) is 11.6 Å². The van der Waals surface area contributed by atoms with Crippen LogP contribution in [0, 0.1) is 5.92 Å². The molecule has 11 heavy (non-hydrogen) atoms. The molecule has 0 spiro atoms. The highest BCUT2D eigenvalue weighted by Gasteiger charge is 2.22. The summed E-state index contributed by atoms with van der Waals surface area (Å²) in [5.74, 6) is 0.199. The Labute approximate surface area is 66.3 Å². The lowest BCUT2D eigenvalue weighted by atomic mass is 9.87. The van der Waals surface area contributed by atoms with Crippen LogP contribution in [0.25, 0.3) is 0 Å². The Morgan fingerprint density at radius 3 is 2.73 bits per heavy atom. The van der Waals surface area contributed by atoms with Crippen molar-refractivity contribution in [2.75, 3.05) is 0 Å². The first kappa shape index (κ1) is 8.18. The smallest absolute Gasteiger partial charge is 0.158 e. The molecule has 0 saturated heterocycles. The first-order chi connectivity index (χ1) is 5.11. The number of hydrogen-bond acceptors (Lipinski definition) is 2. The Bertz CT molecular complexity index is 226. The Hall–Kier alpha value is -0.920. The van der Waals surface area contributed by atoms with E-state index in [-0.39, 0.29) is 17.5 Å². The van der Waals surface area contributed by atoms with E-state index in [2.05, 4.69) is 0 Å². The van der Waals surface area contributed by atoms with Crippen LogP contribution in [0.2, 0.25) is 0 Å². The van der Waals surface area contributed by atoms with Gasteiger partial charge in [-0.05, 0) is 25.8 Å². The summed E-state index contributed by atoms with van der Waals surface area (Å²) < 4.78 is 0. The van der Waals surface area contributed by atoms with Crippen molar-refractivity contribution < 1.29 is 9.59 Å². The lowest BCUT2D eigenvalue weighted by Crippen LogP contribution is -2.19. The van der Waals surface area contributed by atoms with E-state index in [9.17, 15) is 9.59 Å². The van der Waals surface area contributed by atoms with Gasteiger partial charge >= 0.3 is 0 Å². The van der Waals surface area contributed by atoms with Crippen molar-refractivity contribution in [2.45, 2.75) is 26.7 Å². The molecule has 1 atom stereocenters. The highest BCUT2D eigenvalue weighted by atomic mass is 16.1. The lowest BCUT2D eigenvalue weighted by molar-refractivity contribution is -0.125. The maximum Gasteiger partial charge on any atom is 0.158 e. The van der Waals surface area contributed by atoms with Crippen LogP contribution in [0.1, 0.15) is 26.7 Å². The fourth-order valence-corrected chi connectivity index (χ4v) is 1.21. The fourth-order valence-electron chi connectivity index (χ4n) is 1.21. The van der Waals surface area contributed by atoms with Gasteiger partial charge in [0.1, 0.15) is 5.78 Å². The van der Waals surface area contributed by atoms with Gasteiger partial charge < -0.3 is 0 Å². The largest absolute Gasteiger partial charge is 0.300 e. The molecule has 0 aromatic rings. The monoisotopic (exact) mass is 152 g/mol. The number of carbonyl (C=O) groups excluding carboxylic acids is 2. The molecule has 0 aromatic carbocycles. The normalized spacial score (nSPS) is 24.7. The van der Waals surface area contributed by atoms with E-state index in [1.165, 1.54) is 0 Å². The number of Topliss-reactive ketones (excluding diaryl/α,β-unsaturated/α-hetero) is 2.